The standard InChI is InChI=1S/C9H16FN/c1-7-5-8(2)11(7)6-9(10)3-4-9/h7-8H,3-6H2,1-2H3. The van der Waals surface area contributed by atoms with Gasteiger partial charge in [-0.05, 0) is 33.1 Å². The van der Waals surface area contributed by atoms with E-state index in [4.69, 9.17) is 0 Å². The van der Waals surface area contributed by atoms with Crippen molar-refractivity contribution < 1.29 is 4.39 Å². The molecule has 1 saturated heterocycles. The Kier molecular flexibility index (Phi) is 1.50. The van der Waals surface area contributed by atoms with Crippen molar-refractivity contribution in [3.8, 4) is 0 Å². The van der Waals surface area contributed by atoms with Crippen molar-refractivity contribution in [2.75, 3.05) is 6.54 Å². The number of nitrogens with zero attached hydrogens (tertiary/aromatic N) is 1. The Bertz CT molecular complexity index is 157. The van der Waals surface area contributed by atoms with Crippen molar-refractivity contribution in [3.05, 3.63) is 0 Å². The zero-order chi connectivity index (χ0) is 8.06. The van der Waals surface area contributed by atoms with Crippen molar-refractivity contribution in [2.45, 2.75) is 50.9 Å². The van der Waals surface area contributed by atoms with Gasteiger partial charge in [-0.15, -0.1) is 0 Å². The molecule has 0 spiro atoms. The Morgan fingerprint density at radius 2 is 1.91 bits per heavy atom. The molecule has 0 bridgehead atoms. The van der Waals surface area contributed by atoms with Crippen LogP contribution in [0.5, 0.6) is 0 Å². The summed E-state index contributed by atoms with van der Waals surface area (Å²) in [7, 11) is 0. The van der Waals surface area contributed by atoms with E-state index in [2.05, 4.69) is 18.7 Å². The van der Waals surface area contributed by atoms with Crippen LogP contribution in [0.1, 0.15) is 33.1 Å². The van der Waals surface area contributed by atoms with Gasteiger partial charge in [0, 0.05) is 18.6 Å². The number of hydrogen-bond donors (Lipinski definition) is 0. The minimum atomic E-state index is -0.789. The second-order valence-electron chi connectivity index (χ2n) is 4.26. The molecule has 2 atom stereocenters. The van der Waals surface area contributed by atoms with Crippen LogP contribution in [-0.2, 0) is 0 Å². The van der Waals surface area contributed by atoms with Gasteiger partial charge in [0.15, 0.2) is 0 Å². The van der Waals surface area contributed by atoms with E-state index in [1.807, 2.05) is 0 Å². The number of rotatable bonds is 2. The second-order valence-corrected chi connectivity index (χ2v) is 4.26. The molecule has 0 aromatic rings. The molecule has 2 unspecified atom stereocenters. The Labute approximate surface area is 67.6 Å². The number of hydrogen-bond acceptors (Lipinski definition) is 1. The van der Waals surface area contributed by atoms with Gasteiger partial charge in [-0.2, -0.15) is 0 Å². The first kappa shape index (κ1) is 7.53. The van der Waals surface area contributed by atoms with Gasteiger partial charge >= 0.3 is 0 Å². The fourth-order valence-corrected chi connectivity index (χ4v) is 1.99. The lowest BCUT2D eigenvalue weighted by Gasteiger charge is -2.46. The summed E-state index contributed by atoms with van der Waals surface area (Å²) in [6.07, 6.45) is 2.84. The van der Waals surface area contributed by atoms with Gasteiger partial charge in [-0.1, -0.05) is 0 Å². The van der Waals surface area contributed by atoms with Crippen LogP contribution in [0.2, 0.25) is 0 Å². The molecule has 2 aliphatic rings. The average Bonchev–Trinajstić information content (AvgIpc) is 2.66. The van der Waals surface area contributed by atoms with Crippen LogP contribution in [0, 0.1) is 0 Å². The van der Waals surface area contributed by atoms with Crippen LogP contribution in [-0.4, -0.2) is 29.2 Å². The molecular weight excluding hydrogens is 141 g/mol. The van der Waals surface area contributed by atoms with Gasteiger partial charge in [-0.3, -0.25) is 4.90 Å². The largest absolute Gasteiger partial charge is 0.295 e. The van der Waals surface area contributed by atoms with E-state index in [0.29, 0.717) is 18.6 Å². The first-order chi connectivity index (χ1) is 5.11. The maximum Gasteiger partial charge on any atom is 0.123 e. The summed E-state index contributed by atoms with van der Waals surface area (Å²) in [5, 5.41) is 0. The zero-order valence-electron chi connectivity index (χ0n) is 7.31. The smallest absolute Gasteiger partial charge is 0.123 e. The predicted octanol–water partition coefficient (Wildman–Crippen LogP) is 1.97. The van der Waals surface area contributed by atoms with E-state index in [1.54, 1.807) is 0 Å². The van der Waals surface area contributed by atoms with Crippen molar-refractivity contribution in [3.63, 3.8) is 0 Å². The fourth-order valence-electron chi connectivity index (χ4n) is 1.99. The minimum Gasteiger partial charge on any atom is -0.295 e. The monoisotopic (exact) mass is 157 g/mol. The Balaban J connectivity index is 1.85. The summed E-state index contributed by atoms with van der Waals surface area (Å²) >= 11 is 0. The molecular formula is C9H16FN. The highest BCUT2D eigenvalue weighted by molar-refractivity contribution is 5.01. The van der Waals surface area contributed by atoms with Crippen LogP contribution < -0.4 is 0 Å². The quantitative estimate of drug-likeness (QED) is 0.592. The first-order valence-corrected chi connectivity index (χ1v) is 4.55. The summed E-state index contributed by atoms with van der Waals surface area (Å²) in [5.41, 5.74) is -0.789. The molecule has 2 heteroatoms. The van der Waals surface area contributed by atoms with Gasteiger partial charge in [0.2, 0.25) is 0 Å². The molecule has 1 saturated carbocycles. The maximum atomic E-state index is 13.3. The van der Waals surface area contributed by atoms with Gasteiger partial charge in [-0.25, -0.2) is 4.39 Å². The maximum absolute atomic E-state index is 13.3. The van der Waals surface area contributed by atoms with Crippen LogP contribution in [0.25, 0.3) is 0 Å². The third-order valence-electron chi connectivity index (χ3n) is 3.07. The van der Waals surface area contributed by atoms with Crippen LogP contribution in [0.4, 0.5) is 4.39 Å². The van der Waals surface area contributed by atoms with Gasteiger partial charge in [0.25, 0.3) is 0 Å². The number of likely N-dealkylation sites (tertiary alicyclic amines) is 1. The van der Waals surface area contributed by atoms with Crippen LogP contribution in [0.15, 0.2) is 0 Å². The Morgan fingerprint density at radius 1 is 1.36 bits per heavy atom. The molecule has 0 aromatic heterocycles. The molecule has 64 valence electrons. The summed E-state index contributed by atoms with van der Waals surface area (Å²) in [4.78, 5) is 2.28. The lowest BCUT2D eigenvalue weighted by Crippen LogP contribution is -2.55. The molecule has 2 rings (SSSR count). The minimum absolute atomic E-state index is 0.623. The number of alkyl halides is 1. The van der Waals surface area contributed by atoms with Crippen LogP contribution >= 0.6 is 0 Å². The van der Waals surface area contributed by atoms with Gasteiger partial charge in [0.05, 0.1) is 0 Å². The van der Waals surface area contributed by atoms with E-state index in [-0.39, 0.29) is 0 Å². The molecule has 1 heterocycles. The zero-order valence-corrected chi connectivity index (χ0v) is 7.31. The fraction of sp³-hybridized carbons (Fsp3) is 1.00. The molecule has 0 amide bonds. The third-order valence-corrected chi connectivity index (χ3v) is 3.07. The molecule has 0 aromatic carbocycles. The topological polar surface area (TPSA) is 3.24 Å². The highest BCUT2D eigenvalue weighted by Crippen LogP contribution is 2.43. The summed E-state index contributed by atoms with van der Waals surface area (Å²) in [6, 6.07) is 1.25. The van der Waals surface area contributed by atoms with Gasteiger partial charge in [0.1, 0.15) is 5.67 Å². The van der Waals surface area contributed by atoms with Crippen LogP contribution in [0.3, 0.4) is 0 Å². The lowest BCUT2D eigenvalue weighted by molar-refractivity contribution is 0.00936. The van der Waals surface area contributed by atoms with Crippen molar-refractivity contribution in [1.82, 2.24) is 4.90 Å². The molecule has 11 heavy (non-hydrogen) atoms. The van der Waals surface area contributed by atoms with Gasteiger partial charge < -0.3 is 0 Å². The average molecular weight is 157 g/mol. The number of halogens is 1. The molecule has 0 N–H and O–H groups in total. The Morgan fingerprint density at radius 3 is 2.27 bits per heavy atom. The second kappa shape index (κ2) is 2.19. The normalized spacial score (nSPS) is 41.7. The molecule has 2 fully saturated rings. The highest BCUT2D eigenvalue weighted by Gasteiger charge is 2.48. The summed E-state index contributed by atoms with van der Waals surface area (Å²) < 4.78 is 13.3. The highest BCUT2D eigenvalue weighted by atomic mass is 19.1. The van der Waals surface area contributed by atoms with Crippen molar-refractivity contribution >= 4 is 0 Å². The SMILES string of the molecule is CC1CC(C)N1CC1(F)CC1. The van der Waals surface area contributed by atoms with E-state index >= 15 is 0 Å². The van der Waals surface area contributed by atoms with E-state index in [9.17, 15) is 4.39 Å². The summed E-state index contributed by atoms with van der Waals surface area (Å²) in [6.45, 7) is 5.06. The van der Waals surface area contributed by atoms with E-state index in [1.165, 1.54) is 6.42 Å². The van der Waals surface area contributed by atoms with Crippen molar-refractivity contribution in [2.24, 2.45) is 0 Å². The molecule has 1 aliphatic heterocycles. The van der Waals surface area contributed by atoms with E-state index < -0.39 is 5.67 Å². The summed E-state index contributed by atoms with van der Waals surface area (Å²) in [5.74, 6) is 0. The van der Waals surface area contributed by atoms with Crippen molar-refractivity contribution in [1.29, 1.82) is 0 Å². The Hall–Kier alpha value is -0.110. The van der Waals surface area contributed by atoms with E-state index in [0.717, 1.165) is 12.8 Å². The third kappa shape index (κ3) is 1.28. The lowest BCUT2D eigenvalue weighted by atomic mass is 9.95. The molecule has 1 aliphatic carbocycles. The first-order valence-electron chi connectivity index (χ1n) is 4.55. The predicted molar refractivity (Wildman–Crippen MR) is 43.3 cm³/mol. The molecule has 0 radical (unpaired) electrons. The molecule has 1 nitrogen and oxygen atoms in total.